The normalized spacial score (nSPS) is 25.2. The number of ether oxygens (including phenoxy) is 1. The zero-order chi connectivity index (χ0) is 18.2. The van der Waals surface area contributed by atoms with Crippen LogP contribution in [0.2, 0.25) is 0 Å². The molecular formula is C19H19NO4S. The number of aliphatic hydroxyl groups is 1. The molecule has 25 heavy (non-hydrogen) atoms. The first-order valence-electron chi connectivity index (χ1n) is 7.87. The minimum absolute atomic E-state index is 0.173. The smallest absolute Gasteiger partial charge is 0.183 e. The van der Waals surface area contributed by atoms with E-state index in [-0.39, 0.29) is 4.90 Å². The van der Waals surface area contributed by atoms with Gasteiger partial charge in [0.25, 0.3) is 0 Å². The quantitative estimate of drug-likeness (QED) is 0.888. The van der Waals surface area contributed by atoms with Crippen LogP contribution in [0.15, 0.2) is 53.4 Å². The van der Waals surface area contributed by atoms with Gasteiger partial charge in [-0.2, -0.15) is 5.26 Å². The largest absolute Gasteiger partial charge is 0.497 e. The van der Waals surface area contributed by atoms with Gasteiger partial charge in [0.15, 0.2) is 9.84 Å². The highest BCUT2D eigenvalue weighted by atomic mass is 32.2. The average molecular weight is 357 g/mol. The van der Waals surface area contributed by atoms with E-state index in [2.05, 4.69) is 6.07 Å². The van der Waals surface area contributed by atoms with Crippen LogP contribution in [0.25, 0.3) is 0 Å². The Morgan fingerprint density at radius 3 is 2.24 bits per heavy atom. The lowest BCUT2D eigenvalue weighted by Gasteiger charge is -2.06. The lowest BCUT2D eigenvalue weighted by Crippen LogP contribution is -2.18. The zero-order valence-corrected chi connectivity index (χ0v) is 14.8. The van der Waals surface area contributed by atoms with Crippen LogP contribution >= 0.6 is 0 Å². The number of aryl methyl sites for hydroxylation is 1. The van der Waals surface area contributed by atoms with E-state index in [1.165, 1.54) is 0 Å². The number of aliphatic hydroxyl groups excluding tert-OH is 1. The van der Waals surface area contributed by atoms with Gasteiger partial charge in [-0.05, 0) is 36.8 Å². The molecule has 1 saturated carbocycles. The summed E-state index contributed by atoms with van der Waals surface area (Å²) in [4.78, 5) is 0.173. The minimum Gasteiger partial charge on any atom is -0.497 e. The minimum atomic E-state index is -3.74. The lowest BCUT2D eigenvalue weighted by atomic mass is 10.0. The third-order valence-electron chi connectivity index (χ3n) is 4.88. The number of methoxy groups -OCH3 is 1. The number of nitrogens with zero attached hydrogens (tertiary/aromatic N) is 1. The van der Waals surface area contributed by atoms with Crippen LogP contribution in [0.4, 0.5) is 0 Å². The molecule has 0 aliphatic heterocycles. The topological polar surface area (TPSA) is 87.4 Å². The van der Waals surface area contributed by atoms with Crippen LogP contribution in [0.5, 0.6) is 5.75 Å². The predicted octanol–water partition coefficient (Wildman–Crippen LogP) is 2.45. The van der Waals surface area contributed by atoms with E-state index >= 15 is 0 Å². The molecule has 0 radical (unpaired) electrons. The van der Waals surface area contributed by atoms with Crippen molar-refractivity contribution in [3.8, 4) is 11.8 Å². The van der Waals surface area contributed by atoms with Crippen molar-refractivity contribution in [1.29, 1.82) is 5.26 Å². The van der Waals surface area contributed by atoms with Crippen molar-refractivity contribution < 1.29 is 18.3 Å². The van der Waals surface area contributed by atoms with E-state index in [4.69, 9.17) is 4.74 Å². The summed E-state index contributed by atoms with van der Waals surface area (Å²) < 4.78 is 31.2. The standard InChI is InChI=1S/C19H19NO4S/c1-13-3-9-16(10-4-13)25(22,23)18-17(19(18,11-20)12-21)14-5-7-15(24-2)8-6-14/h3-10,17-18,21H,12H2,1-2H3/t17-,18-,19+/m1/s1. The molecule has 2 aromatic carbocycles. The van der Waals surface area contributed by atoms with Crippen molar-refractivity contribution in [3.05, 3.63) is 59.7 Å². The molecule has 3 atom stereocenters. The Bertz CT molecular complexity index is 913. The van der Waals surface area contributed by atoms with Crippen LogP contribution in [-0.4, -0.2) is 32.5 Å². The monoisotopic (exact) mass is 357 g/mol. The number of rotatable bonds is 5. The van der Waals surface area contributed by atoms with E-state index in [9.17, 15) is 18.8 Å². The van der Waals surface area contributed by atoms with E-state index in [0.717, 1.165) is 5.56 Å². The lowest BCUT2D eigenvalue weighted by molar-refractivity contribution is 0.242. The van der Waals surface area contributed by atoms with Gasteiger partial charge in [0.2, 0.25) is 0 Å². The fraction of sp³-hybridized carbons (Fsp3) is 0.316. The second kappa shape index (κ2) is 6.17. The summed E-state index contributed by atoms with van der Waals surface area (Å²) in [6.07, 6.45) is 0. The van der Waals surface area contributed by atoms with Crippen molar-refractivity contribution in [2.24, 2.45) is 5.41 Å². The van der Waals surface area contributed by atoms with Crippen molar-refractivity contribution in [3.63, 3.8) is 0 Å². The Labute approximate surface area is 147 Å². The molecule has 0 aromatic heterocycles. The second-order valence-corrected chi connectivity index (χ2v) is 8.41. The number of sulfone groups is 1. The summed E-state index contributed by atoms with van der Waals surface area (Å²) >= 11 is 0. The first kappa shape index (κ1) is 17.5. The van der Waals surface area contributed by atoms with Gasteiger partial charge in [-0.3, -0.25) is 0 Å². The molecule has 0 heterocycles. The third kappa shape index (κ3) is 2.70. The molecule has 2 aromatic rings. The van der Waals surface area contributed by atoms with Crippen LogP contribution < -0.4 is 4.74 Å². The van der Waals surface area contributed by atoms with Gasteiger partial charge in [-0.15, -0.1) is 0 Å². The van der Waals surface area contributed by atoms with Gasteiger partial charge in [0.05, 0.1) is 29.9 Å². The van der Waals surface area contributed by atoms with Crippen LogP contribution in [0.3, 0.4) is 0 Å². The maximum atomic E-state index is 13.1. The van der Waals surface area contributed by atoms with Crippen LogP contribution in [-0.2, 0) is 9.84 Å². The highest BCUT2D eigenvalue weighted by Crippen LogP contribution is 2.63. The van der Waals surface area contributed by atoms with E-state index in [1.54, 1.807) is 55.6 Å². The van der Waals surface area contributed by atoms with Gasteiger partial charge in [-0.1, -0.05) is 29.8 Å². The molecule has 6 heteroatoms. The molecule has 3 rings (SSSR count). The number of hydrogen-bond donors (Lipinski definition) is 1. The highest BCUT2D eigenvalue weighted by Gasteiger charge is 2.72. The molecule has 1 N–H and O–H groups in total. The summed E-state index contributed by atoms with van der Waals surface area (Å²) in [5.41, 5.74) is 0.338. The Morgan fingerprint density at radius 1 is 1.16 bits per heavy atom. The molecule has 1 fully saturated rings. The number of nitriles is 1. The van der Waals surface area contributed by atoms with E-state index < -0.39 is 33.0 Å². The molecular weight excluding hydrogens is 338 g/mol. The Balaban J connectivity index is 2.04. The maximum absolute atomic E-state index is 13.1. The molecule has 1 aliphatic carbocycles. The summed E-state index contributed by atoms with van der Waals surface area (Å²) in [7, 11) is -2.20. The molecule has 0 amide bonds. The molecule has 0 unspecified atom stereocenters. The molecule has 0 spiro atoms. The zero-order valence-electron chi connectivity index (χ0n) is 14.0. The van der Waals surface area contributed by atoms with Crippen molar-refractivity contribution in [2.75, 3.05) is 13.7 Å². The Morgan fingerprint density at radius 2 is 1.76 bits per heavy atom. The van der Waals surface area contributed by atoms with Crippen molar-refractivity contribution in [1.82, 2.24) is 0 Å². The molecule has 0 bridgehead atoms. The fourth-order valence-electron chi connectivity index (χ4n) is 3.38. The highest BCUT2D eigenvalue weighted by molar-refractivity contribution is 7.92. The van der Waals surface area contributed by atoms with E-state index in [1.807, 2.05) is 6.92 Å². The summed E-state index contributed by atoms with van der Waals surface area (Å²) in [5, 5.41) is 18.5. The Hall–Kier alpha value is -2.36. The van der Waals surface area contributed by atoms with E-state index in [0.29, 0.717) is 11.3 Å². The third-order valence-corrected chi connectivity index (χ3v) is 7.18. The second-order valence-electron chi connectivity index (χ2n) is 6.34. The fourth-order valence-corrected chi connectivity index (χ4v) is 5.69. The summed E-state index contributed by atoms with van der Waals surface area (Å²) in [6.45, 7) is 1.37. The Kier molecular flexibility index (Phi) is 4.31. The van der Waals surface area contributed by atoms with Gasteiger partial charge in [-0.25, -0.2) is 8.42 Å². The van der Waals surface area contributed by atoms with Crippen molar-refractivity contribution in [2.45, 2.75) is 23.0 Å². The molecule has 130 valence electrons. The van der Waals surface area contributed by atoms with Gasteiger partial charge in [0, 0.05) is 5.92 Å². The predicted molar refractivity (Wildman–Crippen MR) is 93.0 cm³/mol. The number of benzene rings is 2. The SMILES string of the molecule is COc1ccc([C@@H]2[C@@H](S(=O)(=O)c3ccc(C)cc3)[C@@]2(C#N)CO)cc1. The van der Waals surface area contributed by atoms with Crippen LogP contribution in [0.1, 0.15) is 17.0 Å². The van der Waals surface area contributed by atoms with Gasteiger partial charge < -0.3 is 9.84 Å². The number of hydrogen-bond acceptors (Lipinski definition) is 5. The van der Waals surface area contributed by atoms with Gasteiger partial charge in [0.1, 0.15) is 11.2 Å². The summed E-state index contributed by atoms with van der Waals surface area (Å²) in [6, 6.07) is 15.5. The van der Waals surface area contributed by atoms with Gasteiger partial charge >= 0.3 is 0 Å². The van der Waals surface area contributed by atoms with Crippen LogP contribution in [0, 0.1) is 23.7 Å². The first-order valence-corrected chi connectivity index (χ1v) is 9.42. The maximum Gasteiger partial charge on any atom is 0.183 e. The summed E-state index contributed by atoms with van der Waals surface area (Å²) in [5.74, 6) is 0.0774. The average Bonchev–Trinajstić information content (AvgIpc) is 3.33. The molecule has 1 aliphatic rings. The van der Waals surface area contributed by atoms with Crippen molar-refractivity contribution >= 4 is 9.84 Å². The first-order chi connectivity index (χ1) is 11.9. The molecule has 0 saturated heterocycles. The molecule has 5 nitrogen and oxygen atoms in total.